The molecule has 4 nitrogen and oxygen atoms in total. The SMILES string of the molecule is CC(C)c1c(N)ncnc1-c1ccc[nH]1. The van der Waals surface area contributed by atoms with E-state index in [1.54, 1.807) is 0 Å². The zero-order valence-electron chi connectivity index (χ0n) is 8.86. The molecule has 0 bridgehead atoms. The first kappa shape index (κ1) is 9.71. The third-order valence-corrected chi connectivity index (χ3v) is 2.35. The van der Waals surface area contributed by atoms with Gasteiger partial charge in [0, 0.05) is 11.8 Å². The maximum Gasteiger partial charge on any atom is 0.130 e. The Kier molecular flexibility index (Phi) is 2.41. The van der Waals surface area contributed by atoms with E-state index in [0.29, 0.717) is 11.7 Å². The minimum atomic E-state index is 0.310. The summed E-state index contributed by atoms with van der Waals surface area (Å²) in [6.45, 7) is 4.17. The molecule has 0 saturated carbocycles. The maximum absolute atomic E-state index is 5.86. The zero-order valence-corrected chi connectivity index (χ0v) is 8.86. The van der Waals surface area contributed by atoms with Gasteiger partial charge in [0.1, 0.15) is 12.1 Å². The summed E-state index contributed by atoms with van der Waals surface area (Å²) in [6.07, 6.45) is 3.37. The highest BCUT2D eigenvalue weighted by atomic mass is 14.9. The van der Waals surface area contributed by atoms with Crippen LogP contribution in [0.4, 0.5) is 5.82 Å². The van der Waals surface area contributed by atoms with Crippen LogP contribution < -0.4 is 5.73 Å². The first-order valence-electron chi connectivity index (χ1n) is 4.94. The molecule has 0 aliphatic carbocycles. The fraction of sp³-hybridized carbons (Fsp3) is 0.273. The van der Waals surface area contributed by atoms with Crippen LogP contribution in [0.5, 0.6) is 0 Å². The van der Waals surface area contributed by atoms with Crippen molar-refractivity contribution in [3.63, 3.8) is 0 Å². The highest BCUT2D eigenvalue weighted by Crippen LogP contribution is 2.29. The molecule has 15 heavy (non-hydrogen) atoms. The van der Waals surface area contributed by atoms with Crippen molar-refractivity contribution in [3.8, 4) is 11.4 Å². The van der Waals surface area contributed by atoms with Gasteiger partial charge < -0.3 is 10.7 Å². The molecule has 3 N–H and O–H groups in total. The van der Waals surface area contributed by atoms with Gasteiger partial charge >= 0.3 is 0 Å². The maximum atomic E-state index is 5.86. The number of nitrogens with two attached hydrogens (primary N) is 1. The number of nitrogens with one attached hydrogen (secondary N) is 1. The number of hydrogen-bond acceptors (Lipinski definition) is 3. The van der Waals surface area contributed by atoms with Crippen molar-refractivity contribution in [2.24, 2.45) is 0 Å². The van der Waals surface area contributed by atoms with E-state index in [2.05, 4.69) is 28.8 Å². The topological polar surface area (TPSA) is 67.6 Å². The molecule has 4 heteroatoms. The molecule has 0 amide bonds. The Morgan fingerprint density at radius 1 is 1.33 bits per heavy atom. The first-order valence-corrected chi connectivity index (χ1v) is 4.94. The van der Waals surface area contributed by atoms with Crippen molar-refractivity contribution in [1.29, 1.82) is 0 Å². The zero-order chi connectivity index (χ0) is 10.8. The summed E-state index contributed by atoms with van der Waals surface area (Å²) in [7, 11) is 0. The summed E-state index contributed by atoms with van der Waals surface area (Å²) >= 11 is 0. The van der Waals surface area contributed by atoms with E-state index in [9.17, 15) is 0 Å². The largest absolute Gasteiger partial charge is 0.383 e. The van der Waals surface area contributed by atoms with Crippen LogP contribution in [0, 0.1) is 0 Å². The number of anilines is 1. The van der Waals surface area contributed by atoms with Gasteiger partial charge in [-0.3, -0.25) is 0 Å². The Labute approximate surface area is 88.6 Å². The van der Waals surface area contributed by atoms with Crippen molar-refractivity contribution < 1.29 is 0 Å². The lowest BCUT2D eigenvalue weighted by atomic mass is 10.0. The Bertz CT molecular complexity index is 446. The molecular formula is C11H14N4. The molecule has 78 valence electrons. The van der Waals surface area contributed by atoms with Crippen LogP contribution >= 0.6 is 0 Å². The fourth-order valence-electron chi connectivity index (χ4n) is 1.67. The Hall–Kier alpha value is -1.84. The first-order chi connectivity index (χ1) is 7.20. The minimum absolute atomic E-state index is 0.310. The van der Waals surface area contributed by atoms with E-state index in [1.165, 1.54) is 6.33 Å². The van der Waals surface area contributed by atoms with Gasteiger partial charge in [-0.1, -0.05) is 13.8 Å². The Morgan fingerprint density at radius 2 is 2.13 bits per heavy atom. The molecule has 0 aliphatic heterocycles. The summed E-state index contributed by atoms with van der Waals surface area (Å²) in [5, 5.41) is 0. The average Bonchev–Trinajstić information content (AvgIpc) is 2.69. The third-order valence-electron chi connectivity index (χ3n) is 2.35. The lowest BCUT2D eigenvalue weighted by Gasteiger charge is -2.12. The Balaban J connectivity index is 2.61. The molecule has 0 unspecified atom stereocenters. The number of rotatable bonds is 2. The van der Waals surface area contributed by atoms with Gasteiger partial charge in [-0.05, 0) is 18.1 Å². The number of hydrogen-bond donors (Lipinski definition) is 2. The third kappa shape index (κ3) is 1.70. The van der Waals surface area contributed by atoms with Crippen LogP contribution in [0.25, 0.3) is 11.4 Å². The second kappa shape index (κ2) is 3.73. The molecular weight excluding hydrogens is 188 g/mol. The van der Waals surface area contributed by atoms with E-state index in [0.717, 1.165) is 17.0 Å². The summed E-state index contributed by atoms with van der Waals surface area (Å²) in [5.74, 6) is 0.870. The predicted molar refractivity (Wildman–Crippen MR) is 60.3 cm³/mol. The van der Waals surface area contributed by atoms with Crippen molar-refractivity contribution in [2.75, 3.05) is 5.73 Å². The second-order valence-electron chi connectivity index (χ2n) is 3.76. The minimum Gasteiger partial charge on any atom is -0.383 e. The number of H-pyrrole nitrogens is 1. The van der Waals surface area contributed by atoms with Crippen LogP contribution in [0.1, 0.15) is 25.3 Å². The second-order valence-corrected chi connectivity index (χ2v) is 3.76. The van der Waals surface area contributed by atoms with Crippen LogP contribution in [-0.4, -0.2) is 15.0 Å². The number of nitrogens with zero attached hydrogens (tertiary/aromatic N) is 2. The van der Waals surface area contributed by atoms with Gasteiger partial charge in [-0.2, -0.15) is 0 Å². The molecule has 2 aromatic heterocycles. The fourth-order valence-corrected chi connectivity index (χ4v) is 1.67. The van der Waals surface area contributed by atoms with E-state index < -0.39 is 0 Å². The van der Waals surface area contributed by atoms with Gasteiger partial charge in [-0.25, -0.2) is 9.97 Å². The van der Waals surface area contributed by atoms with E-state index in [1.807, 2.05) is 18.3 Å². The van der Waals surface area contributed by atoms with Crippen LogP contribution in [0.15, 0.2) is 24.7 Å². The molecule has 0 radical (unpaired) electrons. The highest BCUT2D eigenvalue weighted by Gasteiger charge is 2.14. The van der Waals surface area contributed by atoms with Crippen molar-refractivity contribution in [2.45, 2.75) is 19.8 Å². The van der Waals surface area contributed by atoms with E-state index >= 15 is 0 Å². The molecule has 0 fully saturated rings. The monoisotopic (exact) mass is 202 g/mol. The normalized spacial score (nSPS) is 10.9. The van der Waals surface area contributed by atoms with Gasteiger partial charge in [0.2, 0.25) is 0 Å². The van der Waals surface area contributed by atoms with Crippen LogP contribution in [0.3, 0.4) is 0 Å². The lowest BCUT2D eigenvalue weighted by Crippen LogP contribution is -2.04. The van der Waals surface area contributed by atoms with Crippen molar-refractivity contribution in [3.05, 3.63) is 30.2 Å². The smallest absolute Gasteiger partial charge is 0.130 e. The standard InChI is InChI=1S/C11H14N4/c1-7(2)9-10(8-4-3-5-13-8)14-6-15-11(9)12/h3-7,13H,1-2H3,(H2,12,14,15). The highest BCUT2D eigenvalue weighted by molar-refractivity contribution is 5.65. The number of nitrogen functional groups attached to an aromatic ring is 1. The molecule has 2 aromatic rings. The quantitative estimate of drug-likeness (QED) is 0.784. The van der Waals surface area contributed by atoms with Crippen LogP contribution in [0.2, 0.25) is 0 Å². The molecule has 0 spiro atoms. The summed E-state index contributed by atoms with van der Waals surface area (Å²) in [5.41, 5.74) is 8.73. The summed E-state index contributed by atoms with van der Waals surface area (Å²) in [6, 6.07) is 3.92. The van der Waals surface area contributed by atoms with Crippen molar-refractivity contribution >= 4 is 5.82 Å². The van der Waals surface area contributed by atoms with E-state index in [4.69, 9.17) is 5.73 Å². The summed E-state index contributed by atoms with van der Waals surface area (Å²) < 4.78 is 0. The molecule has 0 aromatic carbocycles. The van der Waals surface area contributed by atoms with Gasteiger partial charge in [0.25, 0.3) is 0 Å². The molecule has 0 atom stereocenters. The molecule has 2 heterocycles. The van der Waals surface area contributed by atoms with E-state index in [-0.39, 0.29) is 0 Å². The average molecular weight is 202 g/mol. The number of aromatic nitrogens is 3. The van der Waals surface area contributed by atoms with Gasteiger partial charge in [0.15, 0.2) is 0 Å². The molecule has 0 saturated heterocycles. The van der Waals surface area contributed by atoms with Crippen molar-refractivity contribution in [1.82, 2.24) is 15.0 Å². The Morgan fingerprint density at radius 3 is 2.73 bits per heavy atom. The molecule has 2 rings (SSSR count). The lowest BCUT2D eigenvalue weighted by molar-refractivity contribution is 0.853. The van der Waals surface area contributed by atoms with Gasteiger partial charge in [-0.15, -0.1) is 0 Å². The molecule has 0 aliphatic rings. The number of aromatic amines is 1. The predicted octanol–water partition coefficient (Wildman–Crippen LogP) is 2.18. The van der Waals surface area contributed by atoms with Gasteiger partial charge in [0.05, 0.1) is 11.4 Å². The van der Waals surface area contributed by atoms with Crippen LogP contribution in [-0.2, 0) is 0 Å². The summed E-state index contributed by atoms with van der Waals surface area (Å²) in [4.78, 5) is 11.4.